The van der Waals surface area contributed by atoms with E-state index in [1.807, 2.05) is 18.2 Å². The molecule has 0 aliphatic heterocycles. The van der Waals surface area contributed by atoms with Gasteiger partial charge in [0.15, 0.2) is 0 Å². The number of benzene rings is 1. The number of amides is 1. The Morgan fingerprint density at radius 2 is 2.31 bits per heavy atom. The Bertz CT molecular complexity index is 374. The third-order valence-electron chi connectivity index (χ3n) is 1.84. The number of hydrogen-bond acceptors (Lipinski definition) is 3. The van der Waals surface area contributed by atoms with Gasteiger partial charge in [-0.25, -0.2) is 4.79 Å². The van der Waals surface area contributed by atoms with Gasteiger partial charge < -0.3 is 15.8 Å². The molecule has 1 aromatic carbocycles. The summed E-state index contributed by atoms with van der Waals surface area (Å²) in [5, 5.41) is 3.79. The van der Waals surface area contributed by atoms with Crippen LogP contribution in [0.2, 0.25) is 5.02 Å². The fourth-order valence-corrected chi connectivity index (χ4v) is 1.65. The van der Waals surface area contributed by atoms with Gasteiger partial charge in [-0.1, -0.05) is 17.7 Å². The molecule has 16 heavy (non-hydrogen) atoms. The van der Waals surface area contributed by atoms with E-state index < -0.39 is 6.09 Å². The molecule has 0 atom stereocenters. The minimum absolute atomic E-state index is 0.268. The Kier molecular flexibility index (Phi) is 5.59. The van der Waals surface area contributed by atoms with Gasteiger partial charge in [-0.05, 0) is 33.6 Å². The molecular formula is C10H12BrClN2O2. The molecule has 0 spiro atoms. The molecule has 0 saturated carbocycles. The summed E-state index contributed by atoms with van der Waals surface area (Å²) in [6.45, 7) is 1.51. The lowest BCUT2D eigenvalue weighted by Crippen LogP contribution is -2.23. The Balaban J connectivity index is 2.27. The van der Waals surface area contributed by atoms with Crippen LogP contribution >= 0.6 is 27.5 Å². The van der Waals surface area contributed by atoms with Gasteiger partial charge in [0, 0.05) is 17.6 Å². The number of rotatable bonds is 5. The smallest absolute Gasteiger partial charge is 0.404 e. The first-order valence-electron chi connectivity index (χ1n) is 4.66. The molecule has 0 saturated heterocycles. The molecule has 0 fully saturated rings. The molecule has 0 bridgehead atoms. The molecule has 3 N–H and O–H groups in total. The van der Waals surface area contributed by atoms with Crippen LogP contribution in [0.25, 0.3) is 0 Å². The Labute approximate surface area is 107 Å². The van der Waals surface area contributed by atoms with Crippen molar-refractivity contribution in [2.75, 3.05) is 13.2 Å². The first kappa shape index (κ1) is 13.3. The van der Waals surface area contributed by atoms with Crippen LogP contribution in [0.5, 0.6) is 0 Å². The number of halogens is 2. The summed E-state index contributed by atoms with van der Waals surface area (Å²) >= 11 is 9.20. The van der Waals surface area contributed by atoms with Gasteiger partial charge in [0.25, 0.3) is 0 Å². The van der Waals surface area contributed by atoms with Crippen molar-refractivity contribution in [1.82, 2.24) is 5.32 Å². The molecule has 0 unspecified atom stereocenters. The molecule has 1 rings (SSSR count). The Morgan fingerprint density at radius 3 is 2.94 bits per heavy atom. The summed E-state index contributed by atoms with van der Waals surface area (Å²) in [4.78, 5) is 10.3. The minimum atomic E-state index is -0.754. The number of carbonyl (C=O) groups excluding carboxylic acids is 1. The number of nitrogens with two attached hydrogens (primary N) is 1. The largest absolute Gasteiger partial charge is 0.448 e. The van der Waals surface area contributed by atoms with E-state index >= 15 is 0 Å². The van der Waals surface area contributed by atoms with Crippen LogP contribution in [-0.2, 0) is 11.3 Å². The Morgan fingerprint density at radius 1 is 1.56 bits per heavy atom. The summed E-state index contributed by atoms with van der Waals surface area (Å²) in [5.74, 6) is 0. The topological polar surface area (TPSA) is 64.4 Å². The lowest BCUT2D eigenvalue weighted by molar-refractivity contribution is 0.157. The Hall–Kier alpha value is -0.780. The zero-order valence-electron chi connectivity index (χ0n) is 8.50. The van der Waals surface area contributed by atoms with Gasteiger partial charge in [-0.3, -0.25) is 0 Å². The molecule has 1 aromatic rings. The summed E-state index contributed by atoms with van der Waals surface area (Å²) in [7, 11) is 0. The standard InChI is InChI=1S/C10H12BrClN2O2/c11-8-5-7(1-2-9(8)12)6-14-3-4-16-10(13)15/h1-2,5,14H,3-4,6H2,(H2,13,15). The lowest BCUT2D eigenvalue weighted by atomic mass is 10.2. The van der Waals surface area contributed by atoms with Crippen LogP contribution in [0.3, 0.4) is 0 Å². The van der Waals surface area contributed by atoms with E-state index in [0.29, 0.717) is 18.1 Å². The van der Waals surface area contributed by atoms with Crippen LogP contribution < -0.4 is 11.1 Å². The second kappa shape index (κ2) is 6.73. The average molecular weight is 308 g/mol. The van der Waals surface area contributed by atoms with Crippen LogP contribution in [0.15, 0.2) is 22.7 Å². The molecular weight excluding hydrogens is 295 g/mol. The van der Waals surface area contributed by atoms with Crippen molar-refractivity contribution in [3.05, 3.63) is 33.3 Å². The van der Waals surface area contributed by atoms with E-state index in [9.17, 15) is 4.79 Å². The number of hydrogen-bond donors (Lipinski definition) is 2. The zero-order valence-corrected chi connectivity index (χ0v) is 10.8. The molecule has 1 amide bonds. The maximum atomic E-state index is 10.3. The van der Waals surface area contributed by atoms with Gasteiger partial charge in [0.2, 0.25) is 0 Å². The quantitative estimate of drug-likeness (QED) is 0.820. The third kappa shape index (κ3) is 4.83. The summed E-state index contributed by atoms with van der Waals surface area (Å²) in [6.07, 6.45) is -0.754. The van der Waals surface area contributed by atoms with E-state index in [2.05, 4.69) is 26.0 Å². The molecule has 0 radical (unpaired) electrons. The van der Waals surface area contributed by atoms with Crippen molar-refractivity contribution >= 4 is 33.6 Å². The van der Waals surface area contributed by atoms with E-state index in [1.165, 1.54) is 0 Å². The van der Waals surface area contributed by atoms with Crippen molar-refractivity contribution in [2.45, 2.75) is 6.54 Å². The molecule has 0 aliphatic carbocycles. The monoisotopic (exact) mass is 306 g/mol. The van der Waals surface area contributed by atoms with Gasteiger partial charge in [0.1, 0.15) is 6.61 Å². The number of ether oxygens (including phenoxy) is 1. The van der Waals surface area contributed by atoms with Crippen LogP contribution in [0.4, 0.5) is 4.79 Å². The van der Waals surface area contributed by atoms with Crippen molar-refractivity contribution in [3.63, 3.8) is 0 Å². The van der Waals surface area contributed by atoms with E-state index in [-0.39, 0.29) is 6.61 Å². The highest BCUT2D eigenvalue weighted by Gasteiger charge is 1.99. The first-order chi connectivity index (χ1) is 7.59. The molecule has 4 nitrogen and oxygen atoms in total. The third-order valence-corrected chi connectivity index (χ3v) is 3.05. The number of primary amides is 1. The second-order valence-electron chi connectivity index (χ2n) is 3.09. The molecule has 0 heterocycles. The van der Waals surface area contributed by atoms with Crippen LogP contribution in [0, 0.1) is 0 Å². The summed E-state index contributed by atoms with van der Waals surface area (Å²) in [6, 6.07) is 5.68. The molecule has 6 heteroatoms. The van der Waals surface area contributed by atoms with Crippen molar-refractivity contribution in [3.8, 4) is 0 Å². The second-order valence-corrected chi connectivity index (χ2v) is 4.35. The van der Waals surface area contributed by atoms with Crippen molar-refractivity contribution < 1.29 is 9.53 Å². The lowest BCUT2D eigenvalue weighted by Gasteiger charge is -2.06. The normalized spacial score (nSPS) is 10.1. The van der Waals surface area contributed by atoms with E-state index in [4.69, 9.17) is 17.3 Å². The molecule has 88 valence electrons. The highest BCUT2D eigenvalue weighted by atomic mass is 79.9. The summed E-state index contributed by atoms with van der Waals surface area (Å²) < 4.78 is 5.43. The highest BCUT2D eigenvalue weighted by Crippen LogP contribution is 2.22. The first-order valence-corrected chi connectivity index (χ1v) is 5.83. The number of carbonyl (C=O) groups is 1. The predicted octanol–water partition coefficient (Wildman–Crippen LogP) is 2.29. The van der Waals surface area contributed by atoms with Gasteiger partial charge in [-0.15, -0.1) is 0 Å². The maximum Gasteiger partial charge on any atom is 0.404 e. The van der Waals surface area contributed by atoms with Gasteiger partial charge >= 0.3 is 6.09 Å². The van der Waals surface area contributed by atoms with Gasteiger partial charge in [-0.2, -0.15) is 0 Å². The molecule has 0 aliphatic rings. The molecule has 0 aromatic heterocycles. The highest BCUT2D eigenvalue weighted by molar-refractivity contribution is 9.10. The van der Waals surface area contributed by atoms with Gasteiger partial charge in [0.05, 0.1) is 5.02 Å². The predicted molar refractivity (Wildman–Crippen MR) is 66.4 cm³/mol. The maximum absolute atomic E-state index is 10.3. The van der Waals surface area contributed by atoms with Crippen molar-refractivity contribution in [2.24, 2.45) is 5.73 Å². The van der Waals surface area contributed by atoms with Crippen LogP contribution in [-0.4, -0.2) is 19.2 Å². The SMILES string of the molecule is NC(=O)OCCNCc1ccc(Cl)c(Br)c1. The fourth-order valence-electron chi connectivity index (χ4n) is 1.11. The summed E-state index contributed by atoms with van der Waals surface area (Å²) in [5.41, 5.74) is 5.91. The van der Waals surface area contributed by atoms with E-state index in [0.717, 1.165) is 10.0 Å². The van der Waals surface area contributed by atoms with Crippen LogP contribution in [0.1, 0.15) is 5.56 Å². The average Bonchev–Trinajstić information content (AvgIpc) is 2.22. The van der Waals surface area contributed by atoms with Crippen molar-refractivity contribution in [1.29, 1.82) is 0 Å². The fraction of sp³-hybridized carbons (Fsp3) is 0.300. The minimum Gasteiger partial charge on any atom is -0.448 e. The van der Waals surface area contributed by atoms with E-state index in [1.54, 1.807) is 0 Å². The zero-order chi connectivity index (χ0) is 12.0. The number of nitrogens with one attached hydrogen (secondary N) is 1.